The lowest BCUT2D eigenvalue weighted by atomic mass is 9.82. The van der Waals surface area contributed by atoms with Gasteiger partial charge in [-0.25, -0.2) is 0 Å². The van der Waals surface area contributed by atoms with E-state index >= 15 is 0 Å². The number of carbonyl (C=O) groups excluding carboxylic acids is 1. The number of nitrogens with zero attached hydrogens (tertiary/aromatic N) is 1. The lowest BCUT2D eigenvalue weighted by Gasteiger charge is -2.34. The highest BCUT2D eigenvalue weighted by atomic mass is 35.5. The maximum Gasteiger partial charge on any atom is 0.255 e. The summed E-state index contributed by atoms with van der Waals surface area (Å²) < 4.78 is 0. The maximum absolute atomic E-state index is 12.3. The zero-order valence-electron chi connectivity index (χ0n) is 10.7. The Balaban J connectivity index is 2.04. The van der Waals surface area contributed by atoms with Gasteiger partial charge in [0, 0.05) is 13.6 Å². The highest BCUT2D eigenvalue weighted by molar-refractivity contribution is 6.34. The zero-order valence-corrected chi connectivity index (χ0v) is 11.4. The molecule has 98 valence electrons. The van der Waals surface area contributed by atoms with Crippen molar-refractivity contribution in [1.82, 2.24) is 4.90 Å². The molecule has 4 heteroatoms. The SMILES string of the molecule is Cc1cccc(C(=O)N(C)CC2CC(O)C2)c1Cl. The molecule has 1 saturated carbocycles. The van der Waals surface area contributed by atoms with E-state index < -0.39 is 0 Å². The smallest absolute Gasteiger partial charge is 0.255 e. The molecule has 1 amide bonds. The molecule has 0 radical (unpaired) electrons. The molecule has 3 nitrogen and oxygen atoms in total. The summed E-state index contributed by atoms with van der Waals surface area (Å²) in [6.45, 7) is 2.57. The fourth-order valence-electron chi connectivity index (χ4n) is 2.34. The van der Waals surface area contributed by atoms with Crippen LogP contribution in [0.25, 0.3) is 0 Å². The van der Waals surface area contributed by atoms with Crippen LogP contribution in [0.4, 0.5) is 0 Å². The number of benzene rings is 1. The van der Waals surface area contributed by atoms with Crippen LogP contribution in [0.15, 0.2) is 18.2 Å². The molecule has 0 unspecified atom stereocenters. The predicted molar refractivity (Wildman–Crippen MR) is 71.9 cm³/mol. The zero-order chi connectivity index (χ0) is 13.3. The van der Waals surface area contributed by atoms with Crippen molar-refractivity contribution in [3.05, 3.63) is 34.3 Å². The minimum absolute atomic E-state index is 0.0508. The van der Waals surface area contributed by atoms with Gasteiger partial charge in [-0.2, -0.15) is 0 Å². The van der Waals surface area contributed by atoms with Crippen LogP contribution in [-0.2, 0) is 0 Å². The Kier molecular flexibility index (Phi) is 3.93. The summed E-state index contributed by atoms with van der Waals surface area (Å²) >= 11 is 6.15. The van der Waals surface area contributed by atoms with Crippen molar-refractivity contribution in [1.29, 1.82) is 0 Å². The summed E-state index contributed by atoms with van der Waals surface area (Å²) in [7, 11) is 1.78. The topological polar surface area (TPSA) is 40.5 Å². The van der Waals surface area contributed by atoms with Crippen LogP contribution in [0.1, 0.15) is 28.8 Å². The highest BCUT2D eigenvalue weighted by Crippen LogP contribution is 2.28. The van der Waals surface area contributed by atoms with Gasteiger partial charge < -0.3 is 10.0 Å². The molecule has 0 bridgehead atoms. The van der Waals surface area contributed by atoms with Crippen LogP contribution in [-0.4, -0.2) is 35.6 Å². The number of rotatable bonds is 3. The van der Waals surface area contributed by atoms with Gasteiger partial charge in [0.25, 0.3) is 5.91 Å². The maximum atomic E-state index is 12.3. The summed E-state index contributed by atoms with van der Waals surface area (Å²) in [6, 6.07) is 5.49. The van der Waals surface area contributed by atoms with Crippen LogP contribution in [0, 0.1) is 12.8 Å². The van der Waals surface area contributed by atoms with Crippen molar-refractivity contribution in [2.24, 2.45) is 5.92 Å². The second-order valence-electron chi connectivity index (χ2n) is 5.11. The number of aliphatic hydroxyl groups excluding tert-OH is 1. The summed E-state index contributed by atoms with van der Waals surface area (Å²) in [4.78, 5) is 13.9. The van der Waals surface area contributed by atoms with Gasteiger partial charge in [-0.1, -0.05) is 23.7 Å². The number of carbonyl (C=O) groups is 1. The van der Waals surface area contributed by atoms with Gasteiger partial charge in [0.15, 0.2) is 0 Å². The first-order valence-electron chi connectivity index (χ1n) is 6.17. The second-order valence-corrected chi connectivity index (χ2v) is 5.49. The average molecular weight is 268 g/mol. The van der Waals surface area contributed by atoms with Crippen molar-refractivity contribution in [2.45, 2.75) is 25.9 Å². The van der Waals surface area contributed by atoms with Crippen molar-refractivity contribution in [2.75, 3.05) is 13.6 Å². The van der Waals surface area contributed by atoms with Crippen molar-refractivity contribution in [3.8, 4) is 0 Å². The third kappa shape index (κ3) is 2.68. The first kappa shape index (κ1) is 13.4. The van der Waals surface area contributed by atoms with Gasteiger partial charge in [0.05, 0.1) is 16.7 Å². The Labute approximate surface area is 112 Å². The van der Waals surface area contributed by atoms with Gasteiger partial charge >= 0.3 is 0 Å². The fourth-order valence-corrected chi connectivity index (χ4v) is 2.54. The molecule has 0 heterocycles. The largest absolute Gasteiger partial charge is 0.393 e. The van der Waals surface area contributed by atoms with E-state index in [9.17, 15) is 9.90 Å². The van der Waals surface area contributed by atoms with Crippen LogP contribution in [0.2, 0.25) is 5.02 Å². The number of hydrogen-bond donors (Lipinski definition) is 1. The average Bonchev–Trinajstić information content (AvgIpc) is 2.30. The number of aryl methyl sites for hydroxylation is 1. The number of halogens is 1. The van der Waals surface area contributed by atoms with E-state index in [2.05, 4.69) is 0 Å². The molecule has 1 aliphatic rings. The van der Waals surface area contributed by atoms with E-state index in [1.54, 1.807) is 18.0 Å². The molecule has 0 aromatic heterocycles. The Morgan fingerprint density at radius 2 is 2.17 bits per heavy atom. The lowest BCUT2D eigenvalue weighted by Crippen LogP contribution is -2.39. The van der Waals surface area contributed by atoms with E-state index in [1.807, 2.05) is 19.1 Å². The Morgan fingerprint density at radius 3 is 2.78 bits per heavy atom. The first-order valence-corrected chi connectivity index (χ1v) is 6.55. The molecule has 0 spiro atoms. The normalized spacial score (nSPS) is 22.4. The minimum atomic E-state index is -0.180. The summed E-state index contributed by atoms with van der Waals surface area (Å²) in [5, 5.41) is 9.77. The first-order chi connectivity index (χ1) is 8.49. The Bertz CT molecular complexity index is 455. The highest BCUT2D eigenvalue weighted by Gasteiger charge is 2.29. The van der Waals surface area contributed by atoms with E-state index in [1.165, 1.54) is 0 Å². The van der Waals surface area contributed by atoms with Crippen molar-refractivity contribution in [3.63, 3.8) is 0 Å². The molecule has 1 aliphatic carbocycles. The van der Waals surface area contributed by atoms with E-state index in [-0.39, 0.29) is 12.0 Å². The van der Waals surface area contributed by atoms with Gasteiger partial charge in [-0.05, 0) is 37.3 Å². The number of amides is 1. The van der Waals surface area contributed by atoms with Crippen molar-refractivity contribution < 1.29 is 9.90 Å². The molecule has 0 atom stereocenters. The van der Waals surface area contributed by atoms with E-state index in [4.69, 9.17) is 11.6 Å². The molecule has 2 rings (SSSR count). The molecular weight excluding hydrogens is 250 g/mol. The molecular formula is C14H18ClNO2. The van der Waals surface area contributed by atoms with E-state index in [0.717, 1.165) is 18.4 Å². The molecule has 1 N–H and O–H groups in total. The molecule has 1 aromatic carbocycles. The molecule has 18 heavy (non-hydrogen) atoms. The number of hydrogen-bond acceptors (Lipinski definition) is 2. The third-order valence-electron chi connectivity index (χ3n) is 3.51. The van der Waals surface area contributed by atoms with Crippen LogP contribution in [0.5, 0.6) is 0 Å². The van der Waals surface area contributed by atoms with Gasteiger partial charge in [0.2, 0.25) is 0 Å². The predicted octanol–water partition coefficient (Wildman–Crippen LogP) is 2.49. The second kappa shape index (κ2) is 5.29. The van der Waals surface area contributed by atoms with Gasteiger partial charge in [-0.15, -0.1) is 0 Å². The van der Waals surface area contributed by atoms with Crippen LogP contribution >= 0.6 is 11.6 Å². The van der Waals surface area contributed by atoms with Crippen LogP contribution in [0.3, 0.4) is 0 Å². The molecule has 0 saturated heterocycles. The summed E-state index contributed by atoms with van der Waals surface area (Å²) in [5.74, 6) is 0.364. The van der Waals surface area contributed by atoms with Crippen LogP contribution < -0.4 is 0 Å². The fraction of sp³-hybridized carbons (Fsp3) is 0.500. The Morgan fingerprint density at radius 1 is 1.50 bits per heavy atom. The third-order valence-corrected chi connectivity index (χ3v) is 4.01. The summed E-state index contributed by atoms with van der Waals surface area (Å²) in [5.41, 5.74) is 1.47. The standard InChI is InChI=1S/C14H18ClNO2/c1-9-4-3-5-12(13(9)15)14(18)16(2)8-10-6-11(17)7-10/h3-5,10-11,17H,6-8H2,1-2H3. The minimum Gasteiger partial charge on any atom is -0.393 e. The number of aliphatic hydroxyl groups is 1. The quantitative estimate of drug-likeness (QED) is 0.914. The van der Waals surface area contributed by atoms with E-state index in [0.29, 0.717) is 23.0 Å². The lowest BCUT2D eigenvalue weighted by molar-refractivity contribution is 0.0265. The van der Waals surface area contributed by atoms with Gasteiger partial charge in [0.1, 0.15) is 0 Å². The van der Waals surface area contributed by atoms with Gasteiger partial charge in [-0.3, -0.25) is 4.79 Å². The molecule has 1 fully saturated rings. The monoisotopic (exact) mass is 267 g/mol. The summed E-state index contributed by atoms with van der Waals surface area (Å²) in [6.07, 6.45) is 1.40. The molecule has 1 aromatic rings. The Hall–Kier alpha value is -1.06. The molecule has 0 aliphatic heterocycles. The van der Waals surface area contributed by atoms with Crippen molar-refractivity contribution >= 4 is 17.5 Å².